The van der Waals surface area contributed by atoms with E-state index in [1.807, 2.05) is 18.2 Å². The molecule has 2 rings (SSSR count). The number of hydrogen-bond acceptors (Lipinski definition) is 3. The smallest absolute Gasteiger partial charge is 0.0938 e. The molecular weight excluding hydrogens is 194 g/mol. The monoisotopic (exact) mass is 207 g/mol. The van der Waals surface area contributed by atoms with Crippen LogP contribution in [0.1, 0.15) is 17.8 Å². The molecule has 14 heavy (non-hydrogen) atoms. The standard InChI is InChI=1S/C11H13NOS/c13-8-4-3-7-11-12-9-5-1-2-6-10(9)14-11/h1-2,5-6,13H,3-4,7-8H2. The Morgan fingerprint density at radius 1 is 1.21 bits per heavy atom. The van der Waals surface area contributed by atoms with E-state index < -0.39 is 0 Å². The van der Waals surface area contributed by atoms with Crippen LogP contribution in [0.2, 0.25) is 0 Å². The normalized spacial score (nSPS) is 10.9. The highest BCUT2D eigenvalue weighted by molar-refractivity contribution is 7.18. The summed E-state index contributed by atoms with van der Waals surface area (Å²) in [5.41, 5.74) is 1.09. The number of nitrogens with zero attached hydrogens (tertiary/aromatic N) is 1. The van der Waals surface area contributed by atoms with Crippen LogP contribution in [0, 0.1) is 0 Å². The average molecular weight is 207 g/mol. The zero-order valence-corrected chi connectivity index (χ0v) is 8.76. The van der Waals surface area contributed by atoms with Crippen molar-refractivity contribution in [1.82, 2.24) is 4.98 Å². The summed E-state index contributed by atoms with van der Waals surface area (Å²) in [6.07, 6.45) is 2.88. The molecule has 0 atom stereocenters. The van der Waals surface area contributed by atoms with E-state index in [0.29, 0.717) is 0 Å². The fraction of sp³-hybridized carbons (Fsp3) is 0.364. The second-order valence-electron chi connectivity index (χ2n) is 3.26. The van der Waals surface area contributed by atoms with Gasteiger partial charge in [-0.05, 0) is 31.4 Å². The van der Waals surface area contributed by atoms with Gasteiger partial charge in [-0.15, -0.1) is 11.3 Å². The summed E-state index contributed by atoms with van der Waals surface area (Å²) < 4.78 is 1.26. The topological polar surface area (TPSA) is 33.1 Å². The van der Waals surface area contributed by atoms with Crippen LogP contribution in [-0.4, -0.2) is 16.7 Å². The molecule has 1 N–H and O–H groups in total. The van der Waals surface area contributed by atoms with E-state index in [0.717, 1.165) is 24.8 Å². The molecule has 1 aromatic carbocycles. The first-order chi connectivity index (χ1) is 6.90. The molecule has 0 bridgehead atoms. The van der Waals surface area contributed by atoms with Gasteiger partial charge in [0.15, 0.2) is 0 Å². The number of fused-ring (bicyclic) bond motifs is 1. The summed E-state index contributed by atoms with van der Waals surface area (Å²) in [5.74, 6) is 0. The van der Waals surface area contributed by atoms with E-state index in [9.17, 15) is 0 Å². The van der Waals surface area contributed by atoms with Crippen LogP contribution in [-0.2, 0) is 6.42 Å². The van der Waals surface area contributed by atoms with Gasteiger partial charge in [0, 0.05) is 6.61 Å². The van der Waals surface area contributed by atoms with Crippen molar-refractivity contribution in [2.75, 3.05) is 6.61 Å². The molecule has 0 amide bonds. The van der Waals surface area contributed by atoms with E-state index in [1.165, 1.54) is 9.71 Å². The Bertz CT molecular complexity index is 377. The number of para-hydroxylation sites is 1. The Kier molecular flexibility index (Phi) is 3.11. The van der Waals surface area contributed by atoms with Crippen molar-refractivity contribution in [1.29, 1.82) is 0 Å². The zero-order chi connectivity index (χ0) is 9.80. The van der Waals surface area contributed by atoms with E-state index in [4.69, 9.17) is 5.11 Å². The van der Waals surface area contributed by atoms with Crippen LogP contribution >= 0.6 is 11.3 Å². The molecule has 0 aliphatic rings. The number of hydrogen-bond donors (Lipinski definition) is 1. The van der Waals surface area contributed by atoms with Crippen molar-refractivity contribution in [2.24, 2.45) is 0 Å². The first kappa shape index (κ1) is 9.62. The molecule has 0 fully saturated rings. The fourth-order valence-corrected chi connectivity index (χ4v) is 2.42. The highest BCUT2D eigenvalue weighted by Gasteiger charge is 2.01. The lowest BCUT2D eigenvalue weighted by Gasteiger charge is -1.92. The molecule has 0 unspecified atom stereocenters. The van der Waals surface area contributed by atoms with Gasteiger partial charge in [-0.1, -0.05) is 12.1 Å². The SMILES string of the molecule is OCCCCc1nc2ccccc2s1. The van der Waals surface area contributed by atoms with Gasteiger partial charge in [-0.2, -0.15) is 0 Å². The second-order valence-corrected chi connectivity index (χ2v) is 4.37. The van der Waals surface area contributed by atoms with Gasteiger partial charge in [0.2, 0.25) is 0 Å². The largest absolute Gasteiger partial charge is 0.396 e. The lowest BCUT2D eigenvalue weighted by Crippen LogP contribution is -1.87. The minimum Gasteiger partial charge on any atom is -0.396 e. The molecule has 0 saturated carbocycles. The van der Waals surface area contributed by atoms with Crippen LogP contribution in [0.4, 0.5) is 0 Å². The summed E-state index contributed by atoms with van der Waals surface area (Å²) in [6.45, 7) is 0.283. The molecular formula is C11H13NOS. The van der Waals surface area contributed by atoms with E-state index >= 15 is 0 Å². The predicted molar refractivity (Wildman–Crippen MR) is 59.6 cm³/mol. The molecule has 1 aromatic heterocycles. The molecule has 0 radical (unpaired) electrons. The minimum absolute atomic E-state index is 0.283. The minimum atomic E-state index is 0.283. The van der Waals surface area contributed by atoms with Crippen LogP contribution in [0.3, 0.4) is 0 Å². The van der Waals surface area contributed by atoms with E-state index in [2.05, 4.69) is 11.1 Å². The molecule has 1 heterocycles. The van der Waals surface area contributed by atoms with Crippen molar-refractivity contribution >= 4 is 21.6 Å². The summed E-state index contributed by atoms with van der Waals surface area (Å²) in [7, 11) is 0. The third-order valence-electron chi connectivity index (χ3n) is 2.14. The Morgan fingerprint density at radius 3 is 2.86 bits per heavy atom. The lowest BCUT2D eigenvalue weighted by molar-refractivity contribution is 0.284. The number of rotatable bonds is 4. The highest BCUT2D eigenvalue weighted by Crippen LogP contribution is 2.22. The number of aliphatic hydroxyl groups is 1. The highest BCUT2D eigenvalue weighted by atomic mass is 32.1. The first-order valence-electron chi connectivity index (χ1n) is 4.85. The summed E-state index contributed by atoms with van der Waals surface area (Å²) >= 11 is 1.75. The third kappa shape index (κ3) is 2.11. The maximum atomic E-state index is 8.67. The maximum Gasteiger partial charge on any atom is 0.0938 e. The Balaban J connectivity index is 2.11. The molecule has 0 spiro atoms. The van der Waals surface area contributed by atoms with Crippen LogP contribution in [0.15, 0.2) is 24.3 Å². The van der Waals surface area contributed by atoms with Crippen LogP contribution in [0.25, 0.3) is 10.2 Å². The number of aryl methyl sites for hydroxylation is 1. The quantitative estimate of drug-likeness (QED) is 0.782. The van der Waals surface area contributed by atoms with Gasteiger partial charge in [0.25, 0.3) is 0 Å². The third-order valence-corrected chi connectivity index (χ3v) is 3.23. The van der Waals surface area contributed by atoms with Crippen LogP contribution in [0.5, 0.6) is 0 Å². The Morgan fingerprint density at radius 2 is 2.07 bits per heavy atom. The van der Waals surface area contributed by atoms with Gasteiger partial charge >= 0.3 is 0 Å². The maximum absolute atomic E-state index is 8.67. The number of aliphatic hydroxyl groups excluding tert-OH is 1. The zero-order valence-electron chi connectivity index (χ0n) is 7.94. The average Bonchev–Trinajstić information content (AvgIpc) is 2.60. The Labute approximate surface area is 87.2 Å². The second kappa shape index (κ2) is 4.53. The van der Waals surface area contributed by atoms with Gasteiger partial charge in [-0.25, -0.2) is 4.98 Å². The molecule has 2 nitrogen and oxygen atoms in total. The molecule has 0 saturated heterocycles. The van der Waals surface area contributed by atoms with E-state index in [-0.39, 0.29) is 6.61 Å². The first-order valence-corrected chi connectivity index (χ1v) is 5.67. The predicted octanol–water partition coefficient (Wildman–Crippen LogP) is 2.61. The van der Waals surface area contributed by atoms with Gasteiger partial charge in [0.05, 0.1) is 15.2 Å². The Hall–Kier alpha value is -0.930. The van der Waals surface area contributed by atoms with Gasteiger partial charge in [-0.3, -0.25) is 0 Å². The number of unbranched alkanes of at least 4 members (excludes halogenated alkanes) is 1. The van der Waals surface area contributed by atoms with Crippen molar-refractivity contribution in [3.63, 3.8) is 0 Å². The van der Waals surface area contributed by atoms with Gasteiger partial charge in [0.1, 0.15) is 0 Å². The van der Waals surface area contributed by atoms with Crippen LogP contribution < -0.4 is 0 Å². The number of aromatic nitrogens is 1. The van der Waals surface area contributed by atoms with Crippen molar-refractivity contribution < 1.29 is 5.11 Å². The molecule has 3 heteroatoms. The fourth-order valence-electron chi connectivity index (χ4n) is 1.41. The van der Waals surface area contributed by atoms with Crippen molar-refractivity contribution in [3.8, 4) is 0 Å². The lowest BCUT2D eigenvalue weighted by atomic mass is 10.2. The summed E-state index contributed by atoms with van der Waals surface area (Å²) in [5, 5.41) is 9.85. The van der Waals surface area contributed by atoms with E-state index in [1.54, 1.807) is 11.3 Å². The molecule has 0 aliphatic carbocycles. The van der Waals surface area contributed by atoms with Crippen molar-refractivity contribution in [2.45, 2.75) is 19.3 Å². The molecule has 74 valence electrons. The van der Waals surface area contributed by atoms with Crippen molar-refractivity contribution in [3.05, 3.63) is 29.3 Å². The molecule has 2 aromatic rings. The molecule has 0 aliphatic heterocycles. The number of benzene rings is 1. The number of thiazole rings is 1. The summed E-state index contributed by atoms with van der Waals surface area (Å²) in [4.78, 5) is 4.52. The summed E-state index contributed by atoms with van der Waals surface area (Å²) in [6, 6.07) is 8.20. The van der Waals surface area contributed by atoms with Gasteiger partial charge < -0.3 is 5.11 Å².